The SMILES string of the molecule is CCCCCCCC/C=C\CCCCCCCC(O[Si](C)(C)C)(P(=O)(OCC)OCC)P(=O)(OCC)OCC. The molecule has 10 heteroatoms. The second kappa shape index (κ2) is 21.9. The van der Waals surface area contributed by atoms with Crippen LogP contribution < -0.4 is 0 Å². The summed E-state index contributed by atoms with van der Waals surface area (Å²) in [5.41, 5.74) is 0. The van der Waals surface area contributed by atoms with E-state index in [1.54, 1.807) is 27.7 Å². The number of unbranched alkanes of at least 4 members (excludes halogenated alkanes) is 11. The molecule has 0 bridgehead atoms. The average Bonchev–Trinajstić information content (AvgIpc) is 2.85. The molecule has 0 aliphatic carbocycles. The molecule has 0 spiro atoms. The minimum atomic E-state index is -4.04. The maximum absolute atomic E-state index is 14.4. The molecular weight excluding hydrogens is 550 g/mol. The van der Waals surface area contributed by atoms with Crippen molar-refractivity contribution in [2.45, 2.75) is 149 Å². The van der Waals surface area contributed by atoms with Crippen LogP contribution in [-0.4, -0.2) is 39.8 Å². The highest BCUT2D eigenvalue weighted by Crippen LogP contribution is 2.80. The van der Waals surface area contributed by atoms with E-state index in [4.69, 9.17) is 22.5 Å². The quantitative estimate of drug-likeness (QED) is 0.0395. The van der Waals surface area contributed by atoms with Gasteiger partial charge in [0.2, 0.25) is 0 Å². The zero-order chi connectivity index (χ0) is 29.7. The van der Waals surface area contributed by atoms with Crippen molar-refractivity contribution in [2.75, 3.05) is 26.4 Å². The highest BCUT2D eigenvalue weighted by atomic mass is 31.2. The van der Waals surface area contributed by atoms with Gasteiger partial charge in [-0.05, 0) is 85.9 Å². The van der Waals surface area contributed by atoms with Gasteiger partial charge in [0.25, 0.3) is 5.08 Å². The van der Waals surface area contributed by atoms with Crippen LogP contribution in [0.25, 0.3) is 0 Å². The maximum atomic E-state index is 14.4. The summed E-state index contributed by atoms with van der Waals surface area (Å²) < 4.78 is 58.5. The maximum Gasteiger partial charge on any atom is 0.373 e. The van der Waals surface area contributed by atoms with E-state index >= 15 is 0 Å². The predicted octanol–water partition coefficient (Wildman–Crippen LogP) is 11.1. The van der Waals surface area contributed by atoms with Gasteiger partial charge in [0.15, 0.2) is 8.32 Å². The highest BCUT2D eigenvalue weighted by molar-refractivity contribution is 7.74. The summed E-state index contributed by atoms with van der Waals surface area (Å²) in [5.74, 6) is 0. The Morgan fingerprint density at radius 2 is 0.923 bits per heavy atom. The first-order valence-corrected chi connectivity index (χ1v) is 22.1. The Kier molecular flexibility index (Phi) is 22.0. The molecule has 0 N–H and O–H groups in total. The van der Waals surface area contributed by atoms with E-state index in [-0.39, 0.29) is 32.8 Å². The summed E-state index contributed by atoms with van der Waals surface area (Å²) in [5, 5.41) is -1.79. The molecular formula is C29H62O7P2Si. The lowest BCUT2D eigenvalue weighted by molar-refractivity contribution is 0.0866. The molecule has 0 rings (SSSR count). The molecule has 0 heterocycles. The predicted molar refractivity (Wildman–Crippen MR) is 168 cm³/mol. The summed E-state index contributed by atoms with van der Waals surface area (Å²) in [6.45, 7) is 15.7. The summed E-state index contributed by atoms with van der Waals surface area (Å²) in [7, 11) is -10.5. The average molecular weight is 613 g/mol. The van der Waals surface area contributed by atoms with Crippen LogP contribution in [0.15, 0.2) is 12.2 Å². The van der Waals surface area contributed by atoms with Crippen LogP contribution in [0.2, 0.25) is 19.6 Å². The molecule has 0 amide bonds. The van der Waals surface area contributed by atoms with Crippen molar-refractivity contribution in [2.24, 2.45) is 0 Å². The molecule has 0 aromatic carbocycles. The molecule has 0 saturated heterocycles. The molecule has 7 nitrogen and oxygen atoms in total. The summed E-state index contributed by atoms with van der Waals surface area (Å²) >= 11 is 0. The third-order valence-electron chi connectivity index (χ3n) is 6.29. The van der Waals surface area contributed by atoms with Gasteiger partial charge >= 0.3 is 15.2 Å². The van der Waals surface area contributed by atoms with E-state index in [0.717, 1.165) is 32.1 Å². The zero-order valence-electron chi connectivity index (χ0n) is 26.6. The third kappa shape index (κ3) is 14.8. The van der Waals surface area contributed by atoms with Crippen molar-refractivity contribution in [3.05, 3.63) is 12.2 Å². The Morgan fingerprint density at radius 3 is 1.28 bits per heavy atom. The monoisotopic (exact) mass is 612 g/mol. The van der Waals surface area contributed by atoms with Crippen LogP contribution in [0.4, 0.5) is 0 Å². The van der Waals surface area contributed by atoms with Gasteiger partial charge in [-0.3, -0.25) is 9.13 Å². The van der Waals surface area contributed by atoms with Gasteiger partial charge in [-0.2, -0.15) is 0 Å². The molecule has 0 aliphatic rings. The Labute approximate surface area is 242 Å². The topological polar surface area (TPSA) is 80.3 Å². The van der Waals surface area contributed by atoms with Crippen LogP contribution in [0.5, 0.6) is 0 Å². The van der Waals surface area contributed by atoms with Gasteiger partial charge in [0, 0.05) is 0 Å². The van der Waals surface area contributed by atoms with Gasteiger partial charge in [-0.15, -0.1) is 0 Å². The summed E-state index contributed by atoms with van der Waals surface area (Å²) in [6, 6.07) is 0. The van der Waals surface area contributed by atoms with E-state index in [1.165, 1.54) is 44.9 Å². The third-order valence-corrected chi connectivity index (χ3v) is 13.8. The van der Waals surface area contributed by atoms with Crippen molar-refractivity contribution < 1.29 is 31.7 Å². The smallest absolute Gasteiger partial charge is 0.373 e. The molecule has 234 valence electrons. The molecule has 0 aromatic rings. The number of allylic oxidation sites excluding steroid dienone is 2. The van der Waals surface area contributed by atoms with Gasteiger partial charge < -0.3 is 22.5 Å². The van der Waals surface area contributed by atoms with Crippen molar-refractivity contribution in [1.29, 1.82) is 0 Å². The fourth-order valence-corrected chi connectivity index (χ4v) is 13.4. The molecule has 0 aromatic heterocycles. The summed E-state index contributed by atoms with van der Waals surface area (Å²) in [4.78, 5) is 0. The minimum absolute atomic E-state index is 0.138. The van der Waals surface area contributed by atoms with E-state index in [2.05, 4.69) is 19.1 Å². The lowest BCUT2D eigenvalue weighted by Gasteiger charge is -2.45. The Morgan fingerprint density at radius 1 is 0.564 bits per heavy atom. The first-order valence-electron chi connectivity index (χ1n) is 15.6. The molecule has 0 radical (unpaired) electrons. The van der Waals surface area contributed by atoms with Gasteiger partial charge in [-0.25, -0.2) is 0 Å². The van der Waals surface area contributed by atoms with Gasteiger partial charge in [0.1, 0.15) is 0 Å². The second-order valence-electron chi connectivity index (χ2n) is 11.0. The van der Waals surface area contributed by atoms with Crippen LogP contribution in [-0.2, 0) is 31.7 Å². The van der Waals surface area contributed by atoms with E-state index < -0.39 is 28.6 Å². The van der Waals surface area contributed by atoms with Gasteiger partial charge in [0.05, 0.1) is 26.4 Å². The fraction of sp³-hybridized carbons (Fsp3) is 0.931. The molecule has 0 atom stereocenters. The van der Waals surface area contributed by atoms with Gasteiger partial charge in [-0.1, -0.05) is 70.4 Å². The first-order chi connectivity index (χ1) is 18.5. The fourth-order valence-electron chi connectivity index (χ4n) is 4.66. The van der Waals surface area contributed by atoms with E-state index in [0.29, 0.717) is 6.42 Å². The van der Waals surface area contributed by atoms with Crippen molar-refractivity contribution in [1.82, 2.24) is 0 Å². The highest BCUT2D eigenvalue weighted by Gasteiger charge is 2.67. The van der Waals surface area contributed by atoms with E-state index in [1.807, 2.05) is 19.6 Å². The lowest BCUT2D eigenvalue weighted by Crippen LogP contribution is -2.44. The molecule has 0 fully saturated rings. The van der Waals surface area contributed by atoms with Crippen LogP contribution in [0.3, 0.4) is 0 Å². The first kappa shape index (κ1) is 39.2. The number of rotatable bonds is 27. The van der Waals surface area contributed by atoms with Crippen molar-refractivity contribution >= 4 is 23.5 Å². The Bertz CT molecular complexity index is 675. The minimum Gasteiger partial charge on any atom is -0.393 e. The van der Waals surface area contributed by atoms with Crippen molar-refractivity contribution in [3.8, 4) is 0 Å². The summed E-state index contributed by atoms with van der Waals surface area (Å²) in [6.07, 6.45) is 20.1. The molecule has 0 unspecified atom stereocenters. The van der Waals surface area contributed by atoms with E-state index in [9.17, 15) is 9.13 Å². The van der Waals surface area contributed by atoms with Crippen LogP contribution in [0.1, 0.15) is 125 Å². The number of hydrogen-bond acceptors (Lipinski definition) is 7. The Hall–Kier alpha value is 0.217. The standard InChI is InChI=1S/C29H62O7P2Si/c1-9-14-15-16-17-18-19-20-21-22-23-24-25-26-27-28-29(36-39(6,7)8,37(30,32-10-2)33-11-3)38(31,34-12-4)35-13-5/h20-21H,9-19,22-28H2,1-8H3/b21-20-. The number of hydrogen-bond donors (Lipinski definition) is 0. The van der Waals surface area contributed by atoms with Crippen molar-refractivity contribution in [3.63, 3.8) is 0 Å². The van der Waals surface area contributed by atoms with Crippen LogP contribution >= 0.6 is 15.2 Å². The largest absolute Gasteiger partial charge is 0.393 e. The molecule has 0 aliphatic heterocycles. The molecule has 39 heavy (non-hydrogen) atoms. The normalized spacial score (nSPS) is 13.5. The molecule has 0 saturated carbocycles. The zero-order valence-corrected chi connectivity index (χ0v) is 29.4. The second-order valence-corrected chi connectivity index (χ2v) is 20.2. The lowest BCUT2D eigenvalue weighted by atomic mass is 10.1. The Balaban J connectivity index is 5.26. The van der Waals surface area contributed by atoms with Crippen LogP contribution in [0, 0.1) is 0 Å².